The van der Waals surface area contributed by atoms with Gasteiger partial charge in [-0.25, -0.2) is 4.79 Å². The van der Waals surface area contributed by atoms with E-state index in [0.717, 1.165) is 69.3 Å². The summed E-state index contributed by atoms with van der Waals surface area (Å²) in [6, 6.07) is 14.4. The Hall–Kier alpha value is -2.77. The quantitative estimate of drug-likeness (QED) is 0.116. The third-order valence-corrected chi connectivity index (χ3v) is 11.0. The van der Waals surface area contributed by atoms with Crippen LogP contribution in [0, 0.1) is 17.3 Å². The van der Waals surface area contributed by atoms with Crippen molar-refractivity contribution in [3.05, 3.63) is 59.2 Å². The van der Waals surface area contributed by atoms with Gasteiger partial charge in [0.15, 0.2) is 6.61 Å². The third-order valence-electron chi connectivity index (χ3n) is 10.6. The van der Waals surface area contributed by atoms with Crippen LogP contribution in [0.2, 0.25) is 0 Å². The number of anilines is 1. The first-order chi connectivity index (χ1) is 22.2. The Balaban J connectivity index is 1.06. The summed E-state index contributed by atoms with van der Waals surface area (Å²) in [6.07, 6.45) is 7.80. The summed E-state index contributed by atoms with van der Waals surface area (Å²) in [5.74, 6) is 2.16. The van der Waals surface area contributed by atoms with Crippen molar-refractivity contribution in [2.24, 2.45) is 17.3 Å². The van der Waals surface area contributed by atoms with Gasteiger partial charge in [-0.2, -0.15) is 0 Å². The number of esters is 3. The molecule has 0 bridgehead atoms. The molecular weight excluding hydrogens is 625 g/mol. The minimum atomic E-state index is -0.459. The average molecular weight is 673 g/mol. The zero-order valence-electron chi connectivity index (χ0n) is 27.1. The third kappa shape index (κ3) is 8.02. The van der Waals surface area contributed by atoms with Crippen LogP contribution in [0.3, 0.4) is 0 Å². The van der Waals surface area contributed by atoms with Crippen LogP contribution in [0.5, 0.6) is 5.75 Å². The normalized spacial score (nSPS) is 24.7. The number of nitrogens with zero attached hydrogens (tertiary/aromatic N) is 1. The number of carbonyl (C=O) groups is 3. The first-order valence-corrected chi connectivity index (χ1v) is 18.0. The number of carbonyl (C=O) groups excluding carboxylic acids is 3. The highest BCUT2D eigenvalue weighted by atomic mass is 35.5. The maximum atomic E-state index is 12.8. The summed E-state index contributed by atoms with van der Waals surface area (Å²) in [6.45, 7) is 5.22. The number of fused-ring (bicyclic) bond motifs is 5. The Morgan fingerprint density at radius 1 is 0.935 bits per heavy atom. The maximum Gasteiger partial charge on any atom is 0.344 e. The number of hydrogen-bond donors (Lipinski definition) is 0. The van der Waals surface area contributed by atoms with Gasteiger partial charge in [-0.3, -0.25) is 9.59 Å². The molecule has 5 rings (SSSR count). The minimum absolute atomic E-state index is 0.0739. The van der Waals surface area contributed by atoms with Crippen LogP contribution in [0.25, 0.3) is 0 Å². The van der Waals surface area contributed by atoms with Crippen molar-refractivity contribution in [2.75, 3.05) is 36.4 Å². The molecule has 0 N–H and O–H groups in total. The van der Waals surface area contributed by atoms with Crippen molar-refractivity contribution in [3.8, 4) is 5.75 Å². The van der Waals surface area contributed by atoms with Gasteiger partial charge in [-0.05, 0) is 110 Å². The average Bonchev–Trinajstić information content (AvgIpc) is 3.39. The van der Waals surface area contributed by atoms with Crippen LogP contribution in [-0.2, 0) is 36.7 Å². The van der Waals surface area contributed by atoms with Crippen molar-refractivity contribution in [1.29, 1.82) is 0 Å². The topological polar surface area (TPSA) is 82.1 Å². The monoisotopic (exact) mass is 671 g/mol. The molecule has 0 unspecified atom stereocenters. The molecule has 0 amide bonds. The van der Waals surface area contributed by atoms with E-state index in [4.69, 9.17) is 37.4 Å². The Morgan fingerprint density at radius 2 is 1.70 bits per heavy atom. The van der Waals surface area contributed by atoms with Crippen LogP contribution in [0.4, 0.5) is 5.69 Å². The van der Waals surface area contributed by atoms with Crippen molar-refractivity contribution in [1.82, 2.24) is 0 Å². The number of alkyl halides is 2. The number of halogens is 2. The van der Waals surface area contributed by atoms with E-state index in [2.05, 4.69) is 42.2 Å². The lowest BCUT2D eigenvalue weighted by atomic mass is 9.55. The van der Waals surface area contributed by atoms with E-state index in [0.29, 0.717) is 48.1 Å². The molecule has 7 nitrogen and oxygen atoms in total. The van der Waals surface area contributed by atoms with Crippen molar-refractivity contribution >= 4 is 46.8 Å². The molecule has 3 aliphatic carbocycles. The minimum Gasteiger partial charge on any atom is -0.459 e. The summed E-state index contributed by atoms with van der Waals surface area (Å²) in [7, 11) is 0. The van der Waals surface area contributed by atoms with Crippen LogP contribution < -0.4 is 9.64 Å². The van der Waals surface area contributed by atoms with Crippen molar-refractivity contribution < 1.29 is 28.6 Å². The van der Waals surface area contributed by atoms with E-state index in [1.807, 2.05) is 12.1 Å². The maximum absolute atomic E-state index is 12.8. The molecule has 0 aliphatic heterocycles. The van der Waals surface area contributed by atoms with Crippen molar-refractivity contribution in [2.45, 2.75) is 90.1 Å². The predicted octanol–water partition coefficient (Wildman–Crippen LogP) is 7.62. The molecule has 5 atom stereocenters. The van der Waals surface area contributed by atoms with Crippen molar-refractivity contribution in [3.63, 3.8) is 0 Å². The molecule has 0 spiro atoms. The zero-order chi connectivity index (χ0) is 32.7. The van der Waals surface area contributed by atoms with E-state index in [9.17, 15) is 14.4 Å². The van der Waals surface area contributed by atoms with E-state index in [1.54, 1.807) is 6.92 Å². The highest BCUT2D eigenvalue weighted by molar-refractivity contribution is 6.18. The van der Waals surface area contributed by atoms with Gasteiger partial charge >= 0.3 is 17.9 Å². The van der Waals surface area contributed by atoms with E-state index >= 15 is 0 Å². The Bertz CT molecular complexity index is 1360. The number of ether oxygens (including phenoxy) is 3. The largest absolute Gasteiger partial charge is 0.459 e. The molecule has 0 heterocycles. The van der Waals surface area contributed by atoms with E-state index in [1.165, 1.54) is 11.1 Å². The molecule has 3 aliphatic rings. The van der Waals surface area contributed by atoms with Gasteiger partial charge in [0.2, 0.25) is 0 Å². The SMILES string of the molecule is CCC(=O)Oc1ccc2c(c1)CC[C@@H]1[C@@H]2CC[C@]2(C)[C@@H](OC(=O)COC(=O)CCCc3ccc(N(CCCl)CCCl)cc3)CC[C@@H]12. The summed E-state index contributed by atoms with van der Waals surface area (Å²) < 4.78 is 16.8. The Labute approximate surface area is 283 Å². The smallest absolute Gasteiger partial charge is 0.344 e. The second-order valence-electron chi connectivity index (χ2n) is 13.2. The summed E-state index contributed by atoms with van der Waals surface area (Å²) >= 11 is 11.8. The molecule has 0 aromatic heterocycles. The Morgan fingerprint density at radius 3 is 2.41 bits per heavy atom. The summed E-state index contributed by atoms with van der Waals surface area (Å²) in [4.78, 5) is 39.2. The lowest BCUT2D eigenvalue weighted by Crippen LogP contribution is -2.45. The molecular formula is C37H47Cl2NO6. The first-order valence-electron chi connectivity index (χ1n) is 16.9. The molecule has 250 valence electrons. The molecule has 0 radical (unpaired) electrons. The fourth-order valence-electron chi connectivity index (χ4n) is 8.26. The van der Waals surface area contributed by atoms with Gasteiger partial charge in [0.25, 0.3) is 0 Å². The zero-order valence-corrected chi connectivity index (χ0v) is 28.6. The molecule has 2 aromatic carbocycles. The van der Waals surface area contributed by atoms with E-state index in [-0.39, 0.29) is 36.5 Å². The van der Waals surface area contributed by atoms with Crippen LogP contribution in [-0.4, -0.2) is 55.5 Å². The standard InChI is InChI=1S/C37H47Cl2NO6/c1-3-34(41)45-28-12-14-29-26(23-28)9-13-31-30(29)17-18-37(2)32(31)15-16-33(37)46-36(43)24-44-35(42)6-4-5-25-7-10-27(11-8-25)40(21-19-38)22-20-39/h7-8,10-12,14,23,30-33H,3-6,9,13,15-22,24H2,1-2H3/t30-,31-,32+,33+,37+/m1/s1. The highest BCUT2D eigenvalue weighted by Crippen LogP contribution is 2.61. The number of rotatable bonds is 14. The van der Waals surface area contributed by atoms with E-state index < -0.39 is 5.97 Å². The van der Waals surface area contributed by atoms with Gasteiger partial charge in [0.1, 0.15) is 11.9 Å². The number of hydrogen-bond acceptors (Lipinski definition) is 7. The van der Waals surface area contributed by atoms with Gasteiger partial charge in [0.05, 0.1) is 0 Å². The summed E-state index contributed by atoms with van der Waals surface area (Å²) in [5, 5.41) is 0. The van der Waals surface area contributed by atoms with Gasteiger partial charge in [-0.1, -0.05) is 32.0 Å². The van der Waals surface area contributed by atoms with Gasteiger partial charge < -0.3 is 19.1 Å². The lowest BCUT2D eigenvalue weighted by Gasteiger charge is -2.50. The molecule has 2 saturated carbocycles. The second-order valence-corrected chi connectivity index (χ2v) is 14.0. The molecule has 0 saturated heterocycles. The fraction of sp³-hybridized carbons (Fsp3) is 0.595. The van der Waals surface area contributed by atoms with Crippen LogP contribution in [0.1, 0.15) is 87.8 Å². The van der Waals surface area contributed by atoms with Crippen LogP contribution in [0.15, 0.2) is 42.5 Å². The highest BCUT2D eigenvalue weighted by Gasteiger charge is 2.56. The molecule has 2 fully saturated rings. The molecule has 9 heteroatoms. The second kappa shape index (κ2) is 15.9. The van der Waals surface area contributed by atoms with Gasteiger partial charge in [-0.15, -0.1) is 23.2 Å². The lowest BCUT2D eigenvalue weighted by molar-refractivity contribution is -0.168. The van der Waals surface area contributed by atoms with Crippen LogP contribution >= 0.6 is 23.2 Å². The predicted molar refractivity (Wildman–Crippen MR) is 181 cm³/mol. The summed E-state index contributed by atoms with van der Waals surface area (Å²) in [5.41, 5.74) is 4.81. The molecule has 2 aromatic rings. The number of benzene rings is 2. The number of aryl methyl sites for hydroxylation is 2. The fourth-order valence-corrected chi connectivity index (χ4v) is 8.67. The van der Waals surface area contributed by atoms with Gasteiger partial charge in [0, 0.05) is 48.8 Å². The molecule has 46 heavy (non-hydrogen) atoms. The first kappa shape index (κ1) is 34.6. The Kier molecular flexibility index (Phi) is 11.9.